The Morgan fingerprint density at radius 2 is 1.93 bits per heavy atom. The Bertz CT molecular complexity index is 830. The van der Waals surface area contributed by atoms with Gasteiger partial charge in [0.2, 0.25) is 5.91 Å². The topological polar surface area (TPSA) is 74.8 Å². The van der Waals surface area contributed by atoms with E-state index in [2.05, 4.69) is 36.9 Å². The first-order chi connectivity index (χ1) is 13.5. The minimum absolute atomic E-state index is 0. The molecule has 2 aromatic carbocycles. The number of amides is 1. The summed E-state index contributed by atoms with van der Waals surface area (Å²) in [6.07, 6.45) is 0.342. The lowest BCUT2D eigenvalue weighted by molar-refractivity contribution is -0.116. The highest BCUT2D eigenvalue weighted by Gasteiger charge is 2.06. The second kappa shape index (κ2) is 13.4. The number of hydrogen-bond donors (Lipinski definition) is 3. The third-order valence-electron chi connectivity index (χ3n) is 4.05. The van der Waals surface area contributed by atoms with Crippen LogP contribution in [0.25, 0.3) is 0 Å². The molecule has 6 nitrogen and oxygen atoms in total. The lowest BCUT2D eigenvalue weighted by atomic mass is 10.2. The predicted molar refractivity (Wildman–Crippen MR) is 133 cm³/mol. The Morgan fingerprint density at radius 3 is 2.62 bits per heavy atom. The molecule has 0 aliphatic heterocycles. The minimum Gasteiger partial charge on any atom is -0.496 e. The summed E-state index contributed by atoms with van der Waals surface area (Å²) >= 11 is 3.42. The summed E-state index contributed by atoms with van der Waals surface area (Å²) in [4.78, 5) is 16.8. The zero-order chi connectivity index (χ0) is 20.4. The van der Waals surface area contributed by atoms with Crippen molar-refractivity contribution in [3.05, 3.63) is 58.1 Å². The van der Waals surface area contributed by atoms with Crippen molar-refractivity contribution in [2.45, 2.75) is 26.8 Å². The molecule has 29 heavy (non-hydrogen) atoms. The molecule has 0 fully saturated rings. The van der Waals surface area contributed by atoms with Crippen molar-refractivity contribution in [1.29, 1.82) is 0 Å². The number of benzene rings is 2. The maximum atomic E-state index is 12.2. The van der Waals surface area contributed by atoms with Crippen molar-refractivity contribution in [3.8, 4) is 5.75 Å². The van der Waals surface area contributed by atoms with Crippen LogP contribution in [-0.2, 0) is 11.3 Å². The number of carbonyl (C=O) groups excluding carboxylic acids is 1. The van der Waals surface area contributed by atoms with Gasteiger partial charge in [-0.05, 0) is 43.7 Å². The molecule has 0 aliphatic rings. The van der Waals surface area contributed by atoms with Gasteiger partial charge in [-0.25, -0.2) is 4.99 Å². The van der Waals surface area contributed by atoms with Crippen LogP contribution >= 0.6 is 39.9 Å². The van der Waals surface area contributed by atoms with Gasteiger partial charge in [0.15, 0.2) is 5.96 Å². The number of halogens is 2. The maximum absolute atomic E-state index is 12.2. The van der Waals surface area contributed by atoms with E-state index in [0.29, 0.717) is 25.5 Å². The van der Waals surface area contributed by atoms with Crippen LogP contribution in [-0.4, -0.2) is 32.1 Å². The summed E-state index contributed by atoms with van der Waals surface area (Å²) in [7, 11) is 1.65. The summed E-state index contributed by atoms with van der Waals surface area (Å²) in [5.74, 6) is 1.44. The monoisotopic (exact) mass is 574 g/mol. The van der Waals surface area contributed by atoms with Crippen LogP contribution in [0.1, 0.15) is 24.5 Å². The third kappa shape index (κ3) is 8.61. The highest BCUT2D eigenvalue weighted by Crippen LogP contribution is 2.20. The van der Waals surface area contributed by atoms with Gasteiger partial charge in [-0.3, -0.25) is 4.79 Å². The van der Waals surface area contributed by atoms with Gasteiger partial charge in [-0.1, -0.05) is 34.1 Å². The zero-order valence-corrected chi connectivity index (χ0v) is 20.8. The van der Waals surface area contributed by atoms with E-state index in [4.69, 9.17) is 4.74 Å². The van der Waals surface area contributed by atoms with Crippen molar-refractivity contribution in [1.82, 2.24) is 10.6 Å². The molecule has 0 bridgehead atoms. The summed E-state index contributed by atoms with van der Waals surface area (Å²) in [5.41, 5.74) is 2.85. The second-order valence-corrected chi connectivity index (χ2v) is 7.11. The highest BCUT2D eigenvalue weighted by molar-refractivity contribution is 14.0. The van der Waals surface area contributed by atoms with Crippen molar-refractivity contribution >= 4 is 57.5 Å². The molecule has 8 heteroatoms. The van der Waals surface area contributed by atoms with E-state index in [9.17, 15) is 4.79 Å². The molecule has 0 atom stereocenters. The lowest BCUT2D eigenvalue weighted by Crippen LogP contribution is -2.38. The Labute approximate surface area is 198 Å². The summed E-state index contributed by atoms with van der Waals surface area (Å²) in [5, 5.41) is 9.33. The van der Waals surface area contributed by atoms with E-state index in [1.165, 1.54) is 0 Å². The Morgan fingerprint density at radius 1 is 1.17 bits per heavy atom. The zero-order valence-electron chi connectivity index (χ0n) is 16.9. The third-order valence-corrected chi connectivity index (χ3v) is 4.54. The van der Waals surface area contributed by atoms with E-state index < -0.39 is 0 Å². The first-order valence-corrected chi connectivity index (χ1v) is 10.0. The number of guanidine groups is 1. The first kappa shape index (κ1) is 25.2. The summed E-state index contributed by atoms with van der Waals surface area (Å²) < 4.78 is 6.35. The van der Waals surface area contributed by atoms with E-state index in [1.54, 1.807) is 7.11 Å². The number of aryl methyl sites for hydroxylation is 1. The van der Waals surface area contributed by atoms with Crippen LogP contribution in [0.5, 0.6) is 5.75 Å². The molecule has 2 rings (SSSR count). The fraction of sp³-hybridized carbons (Fsp3) is 0.333. The fourth-order valence-corrected chi connectivity index (χ4v) is 3.09. The number of ether oxygens (including phenoxy) is 1. The second-order valence-electron chi connectivity index (χ2n) is 6.19. The van der Waals surface area contributed by atoms with Gasteiger partial charge < -0.3 is 20.7 Å². The number of para-hydroxylation sites is 1. The van der Waals surface area contributed by atoms with Gasteiger partial charge in [0, 0.05) is 35.2 Å². The molecular formula is C21H28BrIN4O2. The van der Waals surface area contributed by atoms with Gasteiger partial charge in [-0.15, -0.1) is 24.0 Å². The van der Waals surface area contributed by atoms with Crippen LogP contribution in [0.15, 0.2) is 51.9 Å². The Kier molecular flexibility index (Phi) is 11.7. The average Bonchev–Trinajstić information content (AvgIpc) is 2.68. The quantitative estimate of drug-likeness (QED) is 0.247. The summed E-state index contributed by atoms with van der Waals surface area (Å²) in [6.45, 7) is 5.68. The van der Waals surface area contributed by atoms with Gasteiger partial charge in [0.25, 0.3) is 0 Å². The standard InChI is InChI=1S/C21H27BrN4O2.HI/c1-4-23-21(25-14-16-7-5-6-8-19(16)28-3)24-12-11-20(27)26-18-10-9-17(22)13-15(18)2;/h5-10,13H,4,11-12,14H2,1-3H3,(H,26,27)(H2,23,24,25);1H. The molecule has 0 heterocycles. The maximum Gasteiger partial charge on any atom is 0.226 e. The van der Waals surface area contributed by atoms with Gasteiger partial charge in [0.05, 0.1) is 13.7 Å². The molecule has 0 saturated heterocycles. The van der Waals surface area contributed by atoms with Gasteiger partial charge in [-0.2, -0.15) is 0 Å². The van der Waals surface area contributed by atoms with Crippen molar-refractivity contribution in [3.63, 3.8) is 0 Å². The molecule has 0 unspecified atom stereocenters. The molecule has 2 aromatic rings. The van der Waals surface area contributed by atoms with Gasteiger partial charge >= 0.3 is 0 Å². The van der Waals surface area contributed by atoms with E-state index in [-0.39, 0.29) is 29.9 Å². The predicted octanol–water partition coefficient (Wildman–Crippen LogP) is 4.47. The van der Waals surface area contributed by atoms with Crippen LogP contribution in [0, 0.1) is 6.92 Å². The number of hydrogen-bond acceptors (Lipinski definition) is 3. The molecule has 0 spiro atoms. The molecule has 0 radical (unpaired) electrons. The SMILES string of the molecule is CCNC(=NCc1ccccc1OC)NCCC(=O)Nc1ccc(Br)cc1C.I. The molecule has 1 amide bonds. The Balaban J connectivity index is 0.00000420. The number of methoxy groups -OCH3 is 1. The molecule has 0 aromatic heterocycles. The molecular weight excluding hydrogens is 547 g/mol. The van der Waals surface area contributed by atoms with Crippen molar-refractivity contribution in [2.24, 2.45) is 4.99 Å². The van der Waals surface area contributed by atoms with Crippen molar-refractivity contribution in [2.75, 3.05) is 25.5 Å². The highest BCUT2D eigenvalue weighted by atomic mass is 127. The van der Waals surface area contributed by atoms with Crippen LogP contribution < -0.4 is 20.7 Å². The number of nitrogens with zero attached hydrogens (tertiary/aromatic N) is 1. The number of anilines is 1. The van der Waals surface area contributed by atoms with E-state index in [1.807, 2.05) is 56.3 Å². The van der Waals surface area contributed by atoms with Gasteiger partial charge in [0.1, 0.15) is 5.75 Å². The number of carbonyl (C=O) groups is 1. The molecule has 3 N–H and O–H groups in total. The fourth-order valence-electron chi connectivity index (χ4n) is 2.61. The lowest BCUT2D eigenvalue weighted by Gasteiger charge is -2.13. The molecule has 158 valence electrons. The molecule has 0 aliphatic carbocycles. The van der Waals surface area contributed by atoms with E-state index in [0.717, 1.165) is 33.6 Å². The minimum atomic E-state index is -0.0431. The van der Waals surface area contributed by atoms with Crippen LogP contribution in [0.3, 0.4) is 0 Å². The molecule has 0 saturated carbocycles. The smallest absolute Gasteiger partial charge is 0.226 e. The largest absolute Gasteiger partial charge is 0.496 e. The Hall–Kier alpha value is -1.81. The normalized spacial score (nSPS) is 10.7. The van der Waals surface area contributed by atoms with Crippen LogP contribution in [0.4, 0.5) is 5.69 Å². The number of nitrogens with one attached hydrogen (secondary N) is 3. The summed E-state index contributed by atoms with van der Waals surface area (Å²) in [6, 6.07) is 13.6. The first-order valence-electron chi connectivity index (χ1n) is 9.23. The van der Waals surface area contributed by atoms with Crippen LogP contribution in [0.2, 0.25) is 0 Å². The number of rotatable bonds is 8. The number of aliphatic imine (C=N–C) groups is 1. The van der Waals surface area contributed by atoms with Crippen molar-refractivity contribution < 1.29 is 9.53 Å². The van der Waals surface area contributed by atoms with E-state index >= 15 is 0 Å². The average molecular weight is 575 g/mol.